The zero-order valence-corrected chi connectivity index (χ0v) is 18.4. The molecule has 31 heavy (non-hydrogen) atoms. The van der Waals surface area contributed by atoms with Gasteiger partial charge in [0.1, 0.15) is 11.5 Å². The smallest absolute Gasteiger partial charge is 0.299 e. The lowest BCUT2D eigenvalue weighted by Gasteiger charge is -2.17. The third-order valence-electron chi connectivity index (χ3n) is 4.71. The zero-order chi connectivity index (χ0) is 22.5. The van der Waals surface area contributed by atoms with Gasteiger partial charge < -0.3 is 14.4 Å². The molecule has 10 heteroatoms. The van der Waals surface area contributed by atoms with Crippen LogP contribution in [-0.2, 0) is 35.7 Å². The molecule has 1 amide bonds. The van der Waals surface area contributed by atoms with Crippen LogP contribution < -0.4 is 14.2 Å². The monoisotopic (exact) mass is 444 g/mol. The van der Waals surface area contributed by atoms with E-state index in [2.05, 4.69) is 28.2 Å². The first-order valence-electron chi connectivity index (χ1n) is 9.50. The molecular formula is C21H24N4O5S. The lowest BCUT2D eigenvalue weighted by Crippen LogP contribution is -2.24. The predicted molar refractivity (Wildman–Crippen MR) is 116 cm³/mol. The molecule has 1 aliphatic rings. The highest BCUT2D eigenvalue weighted by molar-refractivity contribution is 7.77. The lowest BCUT2D eigenvalue weighted by molar-refractivity contribution is -0.125. The first-order chi connectivity index (χ1) is 14.9. The van der Waals surface area contributed by atoms with E-state index in [1.54, 1.807) is 21.7 Å². The summed E-state index contributed by atoms with van der Waals surface area (Å²) in [6.07, 6.45) is 2.56. The second-order valence-corrected chi connectivity index (χ2v) is 7.52. The number of ether oxygens (including phenoxy) is 2. The van der Waals surface area contributed by atoms with Gasteiger partial charge in [-0.1, -0.05) is 19.4 Å². The van der Waals surface area contributed by atoms with E-state index in [9.17, 15) is 9.00 Å². The van der Waals surface area contributed by atoms with E-state index < -0.39 is 11.3 Å². The van der Waals surface area contributed by atoms with Crippen LogP contribution in [0.2, 0.25) is 0 Å². The van der Waals surface area contributed by atoms with E-state index in [-0.39, 0.29) is 11.6 Å². The van der Waals surface area contributed by atoms with Crippen LogP contribution >= 0.6 is 0 Å². The van der Waals surface area contributed by atoms with Gasteiger partial charge in [0.15, 0.2) is 0 Å². The summed E-state index contributed by atoms with van der Waals surface area (Å²) in [5, 5.41) is 4.60. The topological polar surface area (TPSA) is 106 Å². The largest absolute Gasteiger partial charge is 0.496 e. The van der Waals surface area contributed by atoms with Crippen molar-refractivity contribution in [1.29, 1.82) is 0 Å². The number of carbonyl (C=O) groups is 1. The Kier molecular flexibility index (Phi) is 6.99. The fraction of sp³-hybridized carbons (Fsp3) is 0.333. The molecule has 1 aromatic carbocycles. The Morgan fingerprint density at radius 2 is 2.00 bits per heavy atom. The number of fused-ring (bicyclic) bond motifs is 1. The van der Waals surface area contributed by atoms with Crippen molar-refractivity contribution >= 4 is 22.9 Å². The maximum absolute atomic E-state index is 12.1. The minimum atomic E-state index is -2.27. The second kappa shape index (κ2) is 9.68. The number of aromatic nitrogens is 2. The molecule has 2 heterocycles. The lowest BCUT2D eigenvalue weighted by atomic mass is 10.1. The molecule has 0 spiro atoms. The van der Waals surface area contributed by atoms with Gasteiger partial charge in [-0.15, -0.1) is 0 Å². The standard InChI is InChI=1S/C21H24N4O5S/c1-5-6-7-20(26)24-11-16-12-25(22-17(16)13-24)10-15-8-18(29-3)21(19(9-15)30-4)14(2)23-31(27)28/h8-9,12,23H,2,5,10-11,13H2,1,3-4H3,(H,27,28). The summed E-state index contributed by atoms with van der Waals surface area (Å²) >= 11 is -2.27. The molecule has 0 saturated carbocycles. The number of rotatable bonds is 7. The Morgan fingerprint density at radius 3 is 2.55 bits per heavy atom. The molecule has 0 radical (unpaired) electrons. The Balaban J connectivity index is 1.80. The summed E-state index contributed by atoms with van der Waals surface area (Å²) in [5.41, 5.74) is 3.37. The number of benzene rings is 1. The number of nitrogens with zero attached hydrogens (tertiary/aromatic N) is 3. The average molecular weight is 445 g/mol. The maximum Gasteiger partial charge on any atom is 0.299 e. The summed E-state index contributed by atoms with van der Waals surface area (Å²) in [6.45, 7) is 7.07. The fourth-order valence-electron chi connectivity index (χ4n) is 3.38. The number of carbonyl (C=O) groups excluding carboxylic acids is 1. The van der Waals surface area contributed by atoms with E-state index in [1.165, 1.54) is 14.2 Å². The summed E-state index contributed by atoms with van der Waals surface area (Å²) < 4.78 is 35.2. The van der Waals surface area contributed by atoms with Crippen LogP contribution in [-0.4, -0.2) is 43.6 Å². The molecule has 1 atom stereocenters. The number of nitrogens with one attached hydrogen (secondary N) is 1. The maximum atomic E-state index is 12.1. The van der Waals surface area contributed by atoms with Crippen LogP contribution in [0, 0.1) is 11.8 Å². The van der Waals surface area contributed by atoms with Crippen LogP contribution in [0.25, 0.3) is 5.70 Å². The molecule has 0 saturated heterocycles. The second-order valence-electron chi connectivity index (χ2n) is 6.82. The Labute approximate surface area is 183 Å². The van der Waals surface area contributed by atoms with Crippen molar-refractivity contribution in [1.82, 2.24) is 19.4 Å². The SMILES string of the molecule is C=C(NS(=O)O)c1c(OC)cc(Cn2cc3c(n2)CN(C(=O)C#CCC)C3)cc1OC. The molecule has 2 aromatic rings. The van der Waals surface area contributed by atoms with E-state index in [0.717, 1.165) is 16.8 Å². The highest BCUT2D eigenvalue weighted by Crippen LogP contribution is 2.35. The molecule has 1 unspecified atom stereocenters. The minimum absolute atomic E-state index is 0.186. The summed E-state index contributed by atoms with van der Waals surface area (Å²) in [6, 6.07) is 3.60. The van der Waals surface area contributed by atoms with E-state index in [0.29, 0.717) is 43.1 Å². The molecule has 164 valence electrons. The minimum Gasteiger partial charge on any atom is -0.496 e. The van der Waals surface area contributed by atoms with Gasteiger partial charge in [0.25, 0.3) is 17.2 Å². The molecule has 0 bridgehead atoms. The highest BCUT2D eigenvalue weighted by atomic mass is 32.2. The van der Waals surface area contributed by atoms with Crippen molar-refractivity contribution in [2.75, 3.05) is 14.2 Å². The van der Waals surface area contributed by atoms with Gasteiger partial charge in [-0.05, 0) is 23.6 Å². The van der Waals surface area contributed by atoms with Crippen molar-refractivity contribution in [2.24, 2.45) is 0 Å². The van der Waals surface area contributed by atoms with Crippen LogP contribution in [0.15, 0.2) is 24.9 Å². The van der Waals surface area contributed by atoms with Crippen molar-refractivity contribution in [3.63, 3.8) is 0 Å². The molecule has 0 fully saturated rings. The van der Waals surface area contributed by atoms with Crippen molar-refractivity contribution < 1.29 is 23.0 Å². The van der Waals surface area contributed by atoms with Crippen LogP contribution in [0.5, 0.6) is 11.5 Å². The highest BCUT2D eigenvalue weighted by Gasteiger charge is 2.25. The number of hydrogen-bond acceptors (Lipinski definition) is 5. The van der Waals surface area contributed by atoms with E-state index >= 15 is 0 Å². The molecule has 0 aliphatic carbocycles. The van der Waals surface area contributed by atoms with Gasteiger partial charge in [-0.25, -0.2) is 4.21 Å². The number of methoxy groups -OCH3 is 2. The molecule has 9 nitrogen and oxygen atoms in total. The van der Waals surface area contributed by atoms with Crippen molar-refractivity contribution in [2.45, 2.75) is 33.0 Å². The Morgan fingerprint density at radius 1 is 1.32 bits per heavy atom. The molecule has 3 rings (SSSR count). The van der Waals surface area contributed by atoms with Gasteiger partial charge >= 0.3 is 0 Å². The van der Waals surface area contributed by atoms with Crippen LogP contribution in [0.3, 0.4) is 0 Å². The third kappa shape index (κ3) is 5.07. The first-order valence-corrected chi connectivity index (χ1v) is 10.6. The van der Waals surface area contributed by atoms with E-state index in [1.807, 2.05) is 13.1 Å². The van der Waals surface area contributed by atoms with Gasteiger partial charge in [0.05, 0.1) is 50.8 Å². The number of hydrogen-bond donors (Lipinski definition) is 2. The fourth-order valence-corrected chi connectivity index (χ4v) is 3.69. The molecule has 1 aliphatic heterocycles. The summed E-state index contributed by atoms with van der Waals surface area (Å²) in [4.78, 5) is 13.8. The van der Waals surface area contributed by atoms with Crippen LogP contribution in [0.4, 0.5) is 0 Å². The van der Waals surface area contributed by atoms with Crippen molar-refractivity contribution in [3.8, 4) is 23.3 Å². The summed E-state index contributed by atoms with van der Waals surface area (Å²) in [5.74, 6) is 6.14. The quantitative estimate of drug-likeness (QED) is 0.499. The Bertz CT molecular complexity index is 1050. The molecule has 1 aromatic heterocycles. The third-order valence-corrected chi connectivity index (χ3v) is 5.13. The summed E-state index contributed by atoms with van der Waals surface area (Å²) in [7, 11) is 3.00. The first kappa shape index (κ1) is 22.4. The van der Waals surface area contributed by atoms with Crippen molar-refractivity contribution in [3.05, 3.63) is 47.3 Å². The van der Waals surface area contributed by atoms with Gasteiger partial charge in [-0.2, -0.15) is 5.10 Å². The average Bonchev–Trinajstić information content (AvgIpc) is 3.29. The van der Waals surface area contributed by atoms with Gasteiger partial charge in [0, 0.05) is 18.2 Å². The van der Waals surface area contributed by atoms with E-state index in [4.69, 9.17) is 14.0 Å². The zero-order valence-electron chi connectivity index (χ0n) is 17.6. The normalized spacial score (nSPS) is 13.1. The molecule has 2 N–H and O–H groups in total. The van der Waals surface area contributed by atoms with Gasteiger partial charge in [0.2, 0.25) is 0 Å². The van der Waals surface area contributed by atoms with Gasteiger partial charge in [-0.3, -0.25) is 18.8 Å². The molecular weight excluding hydrogens is 420 g/mol. The number of amides is 1. The Hall–Kier alpha value is -3.29. The van der Waals surface area contributed by atoms with Crippen LogP contribution in [0.1, 0.15) is 35.7 Å². The predicted octanol–water partition coefficient (Wildman–Crippen LogP) is 1.90.